The molecule has 0 aromatic heterocycles. The standard InChI is InChI=1S/C18H13FN2O3/c19-13-5-7-14(8-6-13)20-18(24)21-16-10-12-4-2-1-3-11(12)9-15(16)17(22)23/h1-10H,(H,22,23)(H2,20,21,24). The van der Waals surface area contributed by atoms with Crippen LogP contribution < -0.4 is 10.6 Å². The number of carbonyl (C=O) groups excluding carboxylic acids is 1. The van der Waals surface area contributed by atoms with E-state index in [1.807, 2.05) is 18.2 Å². The predicted molar refractivity (Wildman–Crippen MR) is 89.9 cm³/mol. The number of anilines is 2. The average Bonchev–Trinajstić information content (AvgIpc) is 2.56. The molecule has 0 radical (unpaired) electrons. The Morgan fingerprint density at radius 3 is 2.12 bits per heavy atom. The fraction of sp³-hybridized carbons (Fsp3) is 0. The zero-order valence-electron chi connectivity index (χ0n) is 12.4. The van der Waals surface area contributed by atoms with Crippen LogP contribution in [-0.2, 0) is 0 Å². The molecule has 0 bridgehead atoms. The Hall–Kier alpha value is -3.41. The summed E-state index contributed by atoms with van der Waals surface area (Å²) in [6.45, 7) is 0. The molecule has 0 unspecified atom stereocenters. The SMILES string of the molecule is O=C(Nc1ccc(F)cc1)Nc1cc2ccccc2cc1C(=O)O. The number of benzene rings is 3. The van der Waals surface area contributed by atoms with Gasteiger partial charge in [0.1, 0.15) is 5.82 Å². The molecular weight excluding hydrogens is 311 g/mol. The number of urea groups is 1. The summed E-state index contributed by atoms with van der Waals surface area (Å²) in [6.07, 6.45) is 0. The second-order valence-electron chi connectivity index (χ2n) is 5.14. The van der Waals surface area contributed by atoms with E-state index in [1.165, 1.54) is 30.3 Å². The number of rotatable bonds is 3. The van der Waals surface area contributed by atoms with Crippen LogP contribution in [0.25, 0.3) is 10.8 Å². The Balaban J connectivity index is 1.87. The highest BCUT2D eigenvalue weighted by Crippen LogP contribution is 2.24. The Kier molecular flexibility index (Phi) is 4.11. The van der Waals surface area contributed by atoms with E-state index < -0.39 is 17.8 Å². The lowest BCUT2D eigenvalue weighted by atomic mass is 10.0. The Morgan fingerprint density at radius 2 is 1.50 bits per heavy atom. The molecule has 0 aliphatic carbocycles. The van der Waals surface area contributed by atoms with Gasteiger partial charge in [0.2, 0.25) is 0 Å². The van der Waals surface area contributed by atoms with E-state index in [-0.39, 0.29) is 11.3 Å². The molecule has 3 aromatic rings. The van der Waals surface area contributed by atoms with Gasteiger partial charge in [-0.2, -0.15) is 0 Å². The van der Waals surface area contributed by atoms with Crippen LogP contribution in [0.15, 0.2) is 60.7 Å². The first-order chi connectivity index (χ1) is 11.5. The molecule has 0 spiro atoms. The number of nitrogens with one attached hydrogen (secondary N) is 2. The number of aromatic carboxylic acids is 1. The molecule has 0 saturated heterocycles. The minimum Gasteiger partial charge on any atom is -0.478 e. The molecule has 0 aliphatic heterocycles. The normalized spacial score (nSPS) is 10.4. The van der Waals surface area contributed by atoms with E-state index in [1.54, 1.807) is 12.1 Å². The highest BCUT2D eigenvalue weighted by atomic mass is 19.1. The molecule has 24 heavy (non-hydrogen) atoms. The zero-order valence-corrected chi connectivity index (χ0v) is 12.4. The Labute approximate surface area is 136 Å². The number of carboxylic acid groups (broad SMARTS) is 1. The second kappa shape index (κ2) is 6.37. The molecular formula is C18H13FN2O3. The molecule has 2 amide bonds. The summed E-state index contributed by atoms with van der Waals surface area (Å²) in [5.74, 6) is -1.55. The van der Waals surface area contributed by atoms with Gasteiger partial charge in [0, 0.05) is 5.69 Å². The first kappa shape index (κ1) is 15.5. The van der Waals surface area contributed by atoms with E-state index in [4.69, 9.17) is 0 Å². The number of halogens is 1. The van der Waals surface area contributed by atoms with Gasteiger partial charge in [-0.25, -0.2) is 14.0 Å². The van der Waals surface area contributed by atoms with Gasteiger partial charge in [-0.15, -0.1) is 0 Å². The van der Waals surface area contributed by atoms with E-state index in [0.29, 0.717) is 5.69 Å². The van der Waals surface area contributed by atoms with Crippen molar-refractivity contribution in [3.05, 3.63) is 72.0 Å². The van der Waals surface area contributed by atoms with Gasteiger partial charge in [-0.1, -0.05) is 24.3 Å². The van der Waals surface area contributed by atoms with Crippen molar-refractivity contribution >= 4 is 34.1 Å². The predicted octanol–water partition coefficient (Wildman–Crippen LogP) is 4.32. The largest absolute Gasteiger partial charge is 0.478 e. The van der Waals surface area contributed by atoms with Crippen LogP contribution in [0.2, 0.25) is 0 Å². The lowest BCUT2D eigenvalue weighted by Gasteiger charge is -2.11. The first-order valence-electron chi connectivity index (χ1n) is 7.12. The van der Waals surface area contributed by atoms with E-state index in [9.17, 15) is 19.1 Å². The molecule has 120 valence electrons. The fourth-order valence-corrected chi connectivity index (χ4v) is 2.34. The van der Waals surface area contributed by atoms with Crippen molar-refractivity contribution in [2.24, 2.45) is 0 Å². The number of hydrogen-bond donors (Lipinski definition) is 3. The summed E-state index contributed by atoms with van der Waals surface area (Å²) in [4.78, 5) is 23.5. The van der Waals surface area contributed by atoms with Crippen molar-refractivity contribution in [3.63, 3.8) is 0 Å². The summed E-state index contributed by atoms with van der Waals surface area (Å²) in [5.41, 5.74) is 0.565. The van der Waals surface area contributed by atoms with Crippen molar-refractivity contribution in [2.75, 3.05) is 10.6 Å². The summed E-state index contributed by atoms with van der Waals surface area (Å²) in [7, 11) is 0. The summed E-state index contributed by atoms with van der Waals surface area (Å²) < 4.78 is 12.9. The quantitative estimate of drug-likeness (QED) is 0.671. The van der Waals surface area contributed by atoms with Crippen LogP contribution in [0.5, 0.6) is 0 Å². The van der Waals surface area contributed by atoms with E-state index >= 15 is 0 Å². The number of fused-ring (bicyclic) bond motifs is 1. The van der Waals surface area contributed by atoms with Gasteiger partial charge < -0.3 is 15.7 Å². The van der Waals surface area contributed by atoms with Crippen LogP contribution in [0.4, 0.5) is 20.6 Å². The molecule has 0 fully saturated rings. The second-order valence-corrected chi connectivity index (χ2v) is 5.14. The summed E-state index contributed by atoms with van der Waals surface area (Å²) >= 11 is 0. The minimum atomic E-state index is -1.14. The molecule has 3 rings (SSSR count). The minimum absolute atomic E-state index is 0.0112. The number of hydrogen-bond acceptors (Lipinski definition) is 2. The highest BCUT2D eigenvalue weighted by molar-refractivity contribution is 6.07. The number of amides is 2. The zero-order chi connectivity index (χ0) is 17.1. The molecule has 0 atom stereocenters. The van der Waals surface area contributed by atoms with Crippen molar-refractivity contribution in [2.45, 2.75) is 0 Å². The third-order valence-corrected chi connectivity index (χ3v) is 3.47. The van der Waals surface area contributed by atoms with Gasteiger partial charge in [0.25, 0.3) is 0 Å². The highest BCUT2D eigenvalue weighted by Gasteiger charge is 2.14. The van der Waals surface area contributed by atoms with Crippen molar-refractivity contribution in [1.82, 2.24) is 0 Å². The summed E-state index contributed by atoms with van der Waals surface area (Å²) in [6, 6.07) is 15.0. The van der Waals surface area contributed by atoms with E-state index in [0.717, 1.165) is 10.8 Å². The third kappa shape index (κ3) is 3.33. The molecule has 0 saturated carbocycles. The van der Waals surface area contributed by atoms with Crippen LogP contribution in [0.1, 0.15) is 10.4 Å². The average molecular weight is 324 g/mol. The Bertz CT molecular complexity index is 923. The molecule has 3 aromatic carbocycles. The molecule has 0 heterocycles. The van der Waals surface area contributed by atoms with Crippen molar-refractivity contribution in [1.29, 1.82) is 0 Å². The van der Waals surface area contributed by atoms with Crippen molar-refractivity contribution in [3.8, 4) is 0 Å². The molecule has 6 heteroatoms. The lowest BCUT2D eigenvalue weighted by molar-refractivity contribution is 0.0698. The number of carbonyl (C=O) groups is 2. The monoisotopic (exact) mass is 324 g/mol. The molecule has 3 N–H and O–H groups in total. The van der Waals surface area contributed by atoms with Gasteiger partial charge in [0.15, 0.2) is 0 Å². The first-order valence-corrected chi connectivity index (χ1v) is 7.12. The van der Waals surface area contributed by atoms with Gasteiger partial charge in [0.05, 0.1) is 11.3 Å². The topological polar surface area (TPSA) is 78.4 Å². The summed E-state index contributed by atoms with van der Waals surface area (Å²) in [5, 5.41) is 16.0. The van der Waals surface area contributed by atoms with Crippen LogP contribution in [-0.4, -0.2) is 17.1 Å². The van der Waals surface area contributed by atoms with E-state index in [2.05, 4.69) is 10.6 Å². The maximum absolute atomic E-state index is 12.9. The number of carboxylic acids is 1. The van der Waals surface area contributed by atoms with Crippen molar-refractivity contribution < 1.29 is 19.1 Å². The lowest BCUT2D eigenvalue weighted by Crippen LogP contribution is -2.21. The smallest absolute Gasteiger partial charge is 0.337 e. The van der Waals surface area contributed by atoms with Gasteiger partial charge in [-0.05, 0) is 47.2 Å². The molecule has 0 aliphatic rings. The van der Waals surface area contributed by atoms with Gasteiger partial charge in [-0.3, -0.25) is 0 Å². The fourth-order valence-electron chi connectivity index (χ4n) is 2.34. The molecule has 5 nitrogen and oxygen atoms in total. The van der Waals surface area contributed by atoms with Crippen LogP contribution in [0.3, 0.4) is 0 Å². The maximum Gasteiger partial charge on any atom is 0.337 e. The van der Waals surface area contributed by atoms with Crippen LogP contribution >= 0.6 is 0 Å². The third-order valence-electron chi connectivity index (χ3n) is 3.47. The van der Waals surface area contributed by atoms with Crippen LogP contribution in [0, 0.1) is 5.82 Å². The van der Waals surface area contributed by atoms with Gasteiger partial charge >= 0.3 is 12.0 Å². The Morgan fingerprint density at radius 1 is 0.875 bits per heavy atom. The maximum atomic E-state index is 12.9.